The molecule has 2 fully saturated rings. The van der Waals surface area contributed by atoms with Gasteiger partial charge in [-0.05, 0) is 51.5 Å². The third kappa shape index (κ3) is 5.11. The van der Waals surface area contributed by atoms with Gasteiger partial charge in [0.2, 0.25) is 5.01 Å². The molecule has 2 aromatic heterocycles. The van der Waals surface area contributed by atoms with E-state index in [9.17, 15) is 26.7 Å². The highest BCUT2D eigenvalue weighted by atomic mass is 32.1. The molecule has 12 heteroatoms. The van der Waals surface area contributed by atoms with E-state index in [-0.39, 0.29) is 29.0 Å². The van der Waals surface area contributed by atoms with Gasteiger partial charge in [-0.1, -0.05) is 0 Å². The average molecular weight is 505 g/mol. The molecule has 186 valence electrons. The van der Waals surface area contributed by atoms with Crippen LogP contribution in [0.5, 0.6) is 0 Å². The molecule has 1 N–H and O–H groups in total. The predicted molar refractivity (Wildman–Crippen MR) is 118 cm³/mol. The smallest absolute Gasteiger partial charge is 0.408 e. The Morgan fingerprint density at radius 2 is 2.06 bits per heavy atom. The Morgan fingerprint density at radius 3 is 2.62 bits per heavy atom. The van der Waals surface area contributed by atoms with Crippen LogP contribution in [-0.4, -0.2) is 47.3 Å². The van der Waals surface area contributed by atoms with Crippen LogP contribution < -0.4 is 10.2 Å². The summed E-state index contributed by atoms with van der Waals surface area (Å²) in [6, 6.07) is -0.788. The molecule has 1 aliphatic heterocycles. The van der Waals surface area contributed by atoms with Gasteiger partial charge in [0.15, 0.2) is 0 Å². The zero-order chi connectivity index (χ0) is 24.6. The molecular formula is C22H25F5N4O2S. The van der Waals surface area contributed by atoms with E-state index >= 15 is 0 Å². The van der Waals surface area contributed by atoms with Crippen LogP contribution in [0.4, 0.5) is 33.6 Å². The Kier molecular flexibility index (Phi) is 6.97. The van der Waals surface area contributed by atoms with E-state index in [0.717, 1.165) is 36.4 Å². The minimum absolute atomic E-state index is 0.0271. The van der Waals surface area contributed by atoms with Gasteiger partial charge in [0, 0.05) is 29.9 Å². The molecule has 0 spiro atoms. The summed E-state index contributed by atoms with van der Waals surface area (Å²) in [5.41, 5.74) is -0.431. The number of thiazole rings is 1. The minimum Gasteiger partial charge on any atom is -0.461 e. The predicted octanol–water partition coefficient (Wildman–Crippen LogP) is 6.06. The van der Waals surface area contributed by atoms with Crippen molar-refractivity contribution in [3.05, 3.63) is 22.8 Å². The van der Waals surface area contributed by atoms with Gasteiger partial charge in [-0.15, -0.1) is 11.3 Å². The zero-order valence-electron chi connectivity index (χ0n) is 18.7. The Labute approximate surface area is 197 Å². The quantitative estimate of drug-likeness (QED) is 0.348. The second-order valence-electron chi connectivity index (χ2n) is 8.54. The first-order chi connectivity index (χ1) is 16.1. The molecule has 6 nitrogen and oxygen atoms in total. The van der Waals surface area contributed by atoms with Gasteiger partial charge in [-0.2, -0.15) is 13.2 Å². The maximum atomic E-state index is 14.1. The highest BCUT2D eigenvalue weighted by Crippen LogP contribution is 2.45. The molecule has 1 aliphatic carbocycles. The largest absolute Gasteiger partial charge is 0.461 e. The Bertz CT molecular complexity index is 1040. The lowest BCUT2D eigenvalue weighted by Crippen LogP contribution is -2.38. The van der Waals surface area contributed by atoms with Crippen LogP contribution in [-0.2, 0) is 4.74 Å². The van der Waals surface area contributed by atoms with E-state index in [1.54, 1.807) is 6.92 Å². The number of hydrogen-bond donors (Lipinski definition) is 1. The van der Waals surface area contributed by atoms with Crippen LogP contribution in [0.3, 0.4) is 0 Å². The molecule has 2 aliphatic rings. The molecule has 1 saturated heterocycles. The summed E-state index contributed by atoms with van der Waals surface area (Å²) in [6.07, 6.45) is -3.74. The monoisotopic (exact) mass is 504 g/mol. The van der Waals surface area contributed by atoms with Crippen molar-refractivity contribution >= 4 is 28.9 Å². The first-order valence-electron chi connectivity index (χ1n) is 11.2. The number of hydrogen-bond acceptors (Lipinski definition) is 7. The number of alkyl halides is 5. The van der Waals surface area contributed by atoms with Gasteiger partial charge in [-0.25, -0.2) is 23.5 Å². The fraction of sp³-hybridized carbons (Fsp3) is 0.591. The van der Waals surface area contributed by atoms with Crippen LogP contribution >= 0.6 is 11.3 Å². The van der Waals surface area contributed by atoms with Crippen LogP contribution in [0.15, 0.2) is 12.3 Å². The van der Waals surface area contributed by atoms with Gasteiger partial charge in [0.1, 0.15) is 17.7 Å². The Morgan fingerprint density at radius 1 is 1.32 bits per heavy atom. The fourth-order valence-corrected chi connectivity index (χ4v) is 5.19. The summed E-state index contributed by atoms with van der Waals surface area (Å²) in [6.45, 7) is 4.41. The number of pyridine rings is 1. The average Bonchev–Trinajstić information content (AvgIpc) is 3.36. The number of anilines is 2. The van der Waals surface area contributed by atoms with Crippen molar-refractivity contribution in [2.24, 2.45) is 5.92 Å². The zero-order valence-corrected chi connectivity index (χ0v) is 19.5. The van der Waals surface area contributed by atoms with E-state index in [1.165, 1.54) is 0 Å². The molecule has 0 amide bonds. The van der Waals surface area contributed by atoms with Crippen molar-refractivity contribution in [3.8, 4) is 10.4 Å². The summed E-state index contributed by atoms with van der Waals surface area (Å²) < 4.78 is 73.5. The van der Waals surface area contributed by atoms with E-state index in [0.29, 0.717) is 30.1 Å². The first kappa shape index (κ1) is 24.6. The molecule has 0 bridgehead atoms. The molecule has 1 saturated carbocycles. The number of ether oxygens (including phenoxy) is 1. The van der Waals surface area contributed by atoms with Crippen molar-refractivity contribution < 1.29 is 31.5 Å². The van der Waals surface area contributed by atoms with Crippen LogP contribution in [0.25, 0.3) is 10.4 Å². The molecule has 4 rings (SSSR count). The molecular weight excluding hydrogens is 479 g/mol. The molecule has 0 unspecified atom stereocenters. The SMILES string of the molecule is CCOC(=O)c1nc(N2CCC[C@@H]2C)c(-c2cnc(N[C@@H](C3CC3)C(F)(F)F)cc2C(F)F)s1. The van der Waals surface area contributed by atoms with E-state index in [4.69, 9.17) is 4.74 Å². The lowest BCUT2D eigenvalue weighted by molar-refractivity contribution is -0.146. The van der Waals surface area contributed by atoms with Crippen LogP contribution in [0.1, 0.15) is 61.3 Å². The van der Waals surface area contributed by atoms with Gasteiger partial charge in [0.05, 0.1) is 11.5 Å². The Balaban J connectivity index is 1.75. The van der Waals surface area contributed by atoms with Crippen molar-refractivity contribution in [2.75, 3.05) is 23.4 Å². The van der Waals surface area contributed by atoms with Crippen LogP contribution in [0.2, 0.25) is 0 Å². The normalized spacial score (nSPS) is 19.5. The summed E-state index contributed by atoms with van der Waals surface area (Å²) in [4.78, 5) is 23.0. The number of nitrogens with one attached hydrogen (secondary N) is 1. The topological polar surface area (TPSA) is 67.3 Å². The van der Waals surface area contributed by atoms with E-state index in [2.05, 4.69) is 15.3 Å². The van der Waals surface area contributed by atoms with Crippen molar-refractivity contribution in [1.29, 1.82) is 0 Å². The third-order valence-corrected chi connectivity index (χ3v) is 7.11. The standard InChI is InChI=1S/C22H25F5N4O2S/c1-3-33-21(32)20-30-19(31-8-4-5-11(31)2)16(34-20)14-10-28-15(9-13(14)18(23)24)29-17(12-6-7-12)22(25,26)27/h9-12,17-18H,3-8H2,1-2H3,(H,28,29)/t11-,17-/m0/s1. The molecule has 2 aromatic rings. The molecule has 0 radical (unpaired) electrons. The second-order valence-corrected chi connectivity index (χ2v) is 9.53. The van der Waals surface area contributed by atoms with Crippen molar-refractivity contribution in [1.82, 2.24) is 9.97 Å². The molecule has 0 aromatic carbocycles. The fourth-order valence-electron chi connectivity index (χ4n) is 4.19. The third-order valence-electron chi connectivity index (χ3n) is 6.05. The van der Waals surface area contributed by atoms with Gasteiger partial charge < -0.3 is 15.0 Å². The van der Waals surface area contributed by atoms with Crippen molar-refractivity contribution in [3.63, 3.8) is 0 Å². The number of aromatic nitrogens is 2. The van der Waals surface area contributed by atoms with Gasteiger partial charge >= 0.3 is 12.1 Å². The first-order valence-corrected chi connectivity index (χ1v) is 12.0. The van der Waals surface area contributed by atoms with Crippen LogP contribution in [0, 0.1) is 5.92 Å². The minimum atomic E-state index is -4.52. The number of carbonyl (C=O) groups is 1. The summed E-state index contributed by atoms with van der Waals surface area (Å²) in [5, 5.41) is 2.33. The number of halogens is 5. The van der Waals surface area contributed by atoms with Gasteiger partial charge in [-0.3, -0.25) is 0 Å². The maximum absolute atomic E-state index is 14.1. The second kappa shape index (κ2) is 9.63. The summed E-state index contributed by atoms with van der Waals surface area (Å²) >= 11 is 0.919. The Hall–Kier alpha value is -2.50. The molecule has 2 atom stereocenters. The molecule has 3 heterocycles. The summed E-state index contributed by atoms with van der Waals surface area (Å²) in [7, 11) is 0. The van der Waals surface area contributed by atoms with E-state index in [1.807, 2.05) is 11.8 Å². The molecule has 34 heavy (non-hydrogen) atoms. The lowest BCUT2D eigenvalue weighted by atomic mass is 10.1. The number of esters is 1. The van der Waals surface area contributed by atoms with Gasteiger partial charge in [0.25, 0.3) is 6.43 Å². The maximum Gasteiger partial charge on any atom is 0.408 e. The highest BCUT2D eigenvalue weighted by Gasteiger charge is 2.49. The highest BCUT2D eigenvalue weighted by molar-refractivity contribution is 7.17. The number of carbonyl (C=O) groups excluding carboxylic acids is 1. The van der Waals surface area contributed by atoms with E-state index < -0.39 is 36.1 Å². The lowest BCUT2D eigenvalue weighted by Gasteiger charge is -2.24. The van der Waals surface area contributed by atoms with Crippen molar-refractivity contribution in [2.45, 2.75) is 64.2 Å². The number of nitrogens with zero attached hydrogens (tertiary/aromatic N) is 3. The summed E-state index contributed by atoms with van der Waals surface area (Å²) in [5.74, 6) is -1.13. The number of rotatable bonds is 8.